The van der Waals surface area contributed by atoms with Crippen molar-refractivity contribution in [2.24, 2.45) is 0 Å². The normalized spacial score (nSPS) is 10.8. The first-order valence-corrected chi connectivity index (χ1v) is 11.7. The van der Waals surface area contributed by atoms with E-state index in [9.17, 15) is 4.79 Å². The molecule has 0 aliphatic rings. The Labute approximate surface area is 201 Å². The van der Waals surface area contributed by atoms with E-state index in [4.69, 9.17) is 10.2 Å². The summed E-state index contributed by atoms with van der Waals surface area (Å²) in [6, 6.07) is 27.0. The maximum absolute atomic E-state index is 12.8. The van der Waals surface area contributed by atoms with Crippen molar-refractivity contribution in [3.8, 4) is 10.4 Å². The summed E-state index contributed by atoms with van der Waals surface area (Å²) in [5.41, 5.74) is 11.4. The van der Waals surface area contributed by atoms with Crippen LogP contribution in [0.1, 0.15) is 21.7 Å². The van der Waals surface area contributed by atoms with Crippen molar-refractivity contribution < 1.29 is 9.21 Å². The fraction of sp³-hybridized carbons (Fsp3) is 0.0357. The lowest BCUT2D eigenvalue weighted by Gasteiger charge is -2.11. The maximum Gasteiger partial charge on any atom is 0.255 e. The minimum absolute atomic E-state index is 0.207. The first-order valence-electron chi connectivity index (χ1n) is 10.8. The molecule has 0 spiro atoms. The number of amides is 1. The monoisotopic (exact) mass is 465 g/mol. The zero-order valence-electron chi connectivity index (χ0n) is 18.4. The van der Waals surface area contributed by atoms with E-state index < -0.39 is 0 Å². The molecule has 4 N–H and O–H groups in total. The van der Waals surface area contributed by atoms with Crippen LogP contribution in [0.3, 0.4) is 0 Å². The van der Waals surface area contributed by atoms with Crippen LogP contribution >= 0.6 is 11.3 Å². The predicted octanol–water partition coefficient (Wildman–Crippen LogP) is 6.76. The summed E-state index contributed by atoms with van der Waals surface area (Å²) in [6.07, 6.45) is 0. The summed E-state index contributed by atoms with van der Waals surface area (Å²) in [6.45, 7) is 4.64. The van der Waals surface area contributed by atoms with Crippen molar-refractivity contribution in [2.75, 3.05) is 11.1 Å². The Hall–Kier alpha value is -4.29. The highest BCUT2D eigenvalue weighted by Gasteiger charge is 2.11. The summed E-state index contributed by atoms with van der Waals surface area (Å²) < 4.78 is 5.84. The standard InChI is InChI=1S/C28H23N3O2S/c1-18(26-16-21-5-2-3-6-25(21)33-26)30-17-19-8-10-20(11-9-19)28(32)31-24-15-22(12-13-23(24)29)27-7-4-14-34-27/h2-16,30H,1,17,29H2,(H,31,32). The fourth-order valence-electron chi connectivity index (χ4n) is 3.66. The largest absolute Gasteiger partial charge is 0.455 e. The number of rotatable bonds is 7. The smallest absolute Gasteiger partial charge is 0.255 e. The van der Waals surface area contributed by atoms with Crippen molar-refractivity contribution in [1.29, 1.82) is 0 Å². The van der Waals surface area contributed by atoms with E-state index in [-0.39, 0.29) is 5.91 Å². The van der Waals surface area contributed by atoms with Crippen LogP contribution in [0.2, 0.25) is 0 Å². The molecule has 2 aromatic heterocycles. The molecule has 5 rings (SSSR count). The first kappa shape index (κ1) is 21.6. The van der Waals surface area contributed by atoms with Crippen LogP contribution in [-0.4, -0.2) is 5.91 Å². The van der Waals surface area contributed by atoms with Crippen molar-refractivity contribution >= 4 is 45.3 Å². The third kappa shape index (κ3) is 4.58. The van der Waals surface area contributed by atoms with Gasteiger partial charge in [-0.1, -0.05) is 49.0 Å². The van der Waals surface area contributed by atoms with Crippen LogP contribution in [0.25, 0.3) is 27.1 Å². The topological polar surface area (TPSA) is 80.3 Å². The van der Waals surface area contributed by atoms with Gasteiger partial charge in [0.2, 0.25) is 0 Å². The molecular formula is C28H23N3O2S. The molecule has 6 heteroatoms. The van der Waals surface area contributed by atoms with E-state index in [1.807, 2.05) is 78.2 Å². The van der Waals surface area contributed by atoms with Gasteiger partial charge in [-0.25, -0.2) is 0 Å². The molecule has 1 amide bonds. The van der Waals surface area contributed by atoms with Crippen molar-refractivity contribution in [3.63, 3.8) is 0 Å². The van der Waals surface area contributed by atoms with Gasteiger partial charge in [-0.15, -0.1) is 11.3 Å². The molecule has 0 aliphatic heterocycles. The summed E-state index contributed by atoms with van der Waals surface area (Å²) in [4.78, 5) is 13.9. The van der Waals surface area contributed by atoms with Crippen LogP contribution in [-0.2, 0) is 6.54 Å². The molecule has 0 fully saturated rings. The zero-order chi connectivity index (χ0) is 23.5. The molecule has 0 atom stereocenters. The Kier molecular flexibility index (Phi) is 5.89. The van der Waals surface area contributed by atoms with E-state index >= 15 is 0 Å². The van der Waals surface area contributed by atoms with E-state index in [0.717, 1.165) is 27.0 Å². The summed E-state index contributed by atoms with van der Waals surface area (Å²) in [7, 11) is 0. The second-order valence-corrected chi connectivity index (χ2v) is 8.86. The van der Waals surface area contributed by atoms with E-state index in [1.54, 1.807) is 23.5 Å². The molecule has 3 aromatic carbocycles. The van der Waals surface area contributed by atoms with Crippen LogP contribution < -0.4 is 16.4 Å². The van der Waals surface area contributed by atoms with Crippen molar-refractivity contribution in [2.45, 2.75) is 6.54 Å². The number of carbonyl (C=O) groups excluding carboxylic acids is 1. The number of benzene rings is 3. The lowest BCUT2D eigenvalue weighted by molar-refractivity contribution is 0.102. The second kappa shape index (κ2) is 9.29. The average molecular weight is 466 g/mol. The maximum atomic E-state index is 12.8. The first-order chi connectivity index (χ1) is 16.6. The van der Waals surface area contributed by atoms with Gasteiger partial charge in [-0.2, -0.15) is 0 Å². The number of para-hydroxylation sites is 1. The Morgan fingerprint density at radius 1 is 0.971 bits per heavy atom. The number of thiophene rings is 1. The van der Waals surface area contributed by atoms with Crippen LogP contribution in [0.5, 0.6) is 0 Å². The van der Waals surface area contributed by atoms with Gasteiger partial charge in [0.25, 0.3) is 5.91 Å². The molecule has 0 saturated carbocycles. The van der Waals surface area contributed by atoms with Crippen molar-refractivity contribution in [1.82, 2.24) is 5.32 Å². The lowest BCUT2D eigenvalue weighted by atomic mass is 10.1. The summed E-state index contributed by atoms with van der Waals surface area (Å²) in [5, 5.41) is 9.28. The van der Waals surface area contributed by atoms with Crippen molar-refractivity contribution in [3.05, 3.63) is 114 Å². The molecule has 168 valence electrons. The van der Waals surface area contributed by atoms with E-state index in [1.165, 1.54) is 0 Å². The van der Waals surface area contributed by atoms with E-state index in [0.29, 0.717) is 34.9 Å². The number of carbonyl (C=O) groups is 1. The second-order valence-electron chi connectivity index (χ2n) is 7.91. The lowest BCUT2D eigenvalue weighted by Crippen LogP contribution is -2.14. The molecule has 5 nitrogen and oxygen atoms in total. The quantitative estimate of drug-likeness (QED) is 0.232. The number of hydrogen-bond acceptors (Lipinski definition) is 5. The Morgan fingerprint density at radius 3 is 2.56 bits per heavy atom. The minimum Gasteiger partial charge on any atom is -0.455 e. The molecule has 0 bridgehead atoms. The molecule has 0 radical (unpaired) electrons. The summed E-state index contributed by atoms with van der Waals surface area (Å²) >= 11 is 1.64. The van der Waals surface area contributed by atoms with Gasteiger partial charge in [0.1, 0.15) is 5.58 Å². The molecular weight excluding hydrogens is 442 g/mol. The molecule has 0 unspecified atom stereocenters. The van der Waals surface area contributed by atoms with Gasteiger partial charge in [-0.05, 0) is 59.0 Å². The van der Waals surface area contributed by atoms with Gasteiger partial charge in [0, 0.05) is 22.4 Å². The highest BCUT2D eigenvalue weighted by atomic mass is 32.1. The third-order valence-corrected chi connectivity index (χ3v) is 6.47. The fourth-order valence-corrected chi connectivity index (χ4v) is 4.38. The molecule has 2 heterocycles. The van der Waals surface area contributed by atoms with Gasteiger partial charge in [0.05, 0.1) is 17.1 Å². The van der Waals surface area contributed by atoms with Crippen LogP contribution in [0.4, 0.5) is 11.4 Å². The Morgan fingerprint density at radius 2 is 1.79 bits per heavy atom. The molecule has 34 heavy (non-hydrogen) atoms. The number of anilines is 2. The number of fused-ring (bicyclic) bond motifs is 1. The average Bonchev–Trinajstić information content (AvgIpc) is 3.54. The van der Waals surface area contributed by atoms with Gasteiger partial charge >= 0.3 is 0 Å². The molecule has 0 saturated heterocycles. The highest BCUT2D eigenvalue weighted by molar-refractivity contribution is 7.13. The van der Waals surface area contributed by atoms with Crippen LogP contribution in [0.15, 0.2) is 101 Å². The number of nitrogen functional groups attached to an aromatic ring is 1. The number of nitrogens with one attached hydrogen (secondary N) is 2. The van der Waals surface area contributed by atoms with Crippen LogP contribution in [0, 0.1) is 0 Å². The minimum atomic E-state index is -0.207. The predicted molar refractivity (Wildman–Crippen MR) is 141 cm³/mol. The van der Waals surface area contributed by atoms with Gasteiger partial charge in [0.15, 0.2) is 5.76 Å². The van der Waals surface area contributed by atoms with E-state index in [2.05, 4.69) is 17.2 Å². The van der Waals surface area contributed by atoms with Gasteiger partial charge < -0.3 is 20.8 Å². The number of hydrogen-bond donors (Lipinski definition) is 3. The van der Waals surface area contributed by atoms with Gasteiger partial charge in [-0.3, -0.25) is 4.79 Å². The molecule has 0 aliphatic carbocycles. The Balaban J connectivity index is 1.22. The highest BCUT2D eigenvalue weighted by Crippen LogP contribution is 2.30. The SMILES string of the molecule is C=C(NCc1ccc(C(=O)Nc2cc(-c3cccs3)ccc2N)cc1)c1cc2ccccc2o1. The number of nitrogens with two attached hydrogens (primary N) is 1. The third-order valence-electron chi connectivity index (χ3n) is 5.55. The molecule has 5 aromatic rings. The zero-order valence-corrected chi connectivity index (χ0v) is 19.2. The Bertz CT molecular complexity index is 1430. The summed E-state index contributed by atoms with van der Waals surface area (Å²) in [5.74, 6) is 0.501. The number of furan rings is 1.